The van der Waals surface area contributed by atoms with E-state index in [0.717, 1.165) is 0 Å². The van der Waals surface area contributed by atoms with Crippen LogP contribution >= 0.6 is 23.2 Å². The molecule has 1 nitrogen and oxygen atoms in total. The van der Waals surface area contributed by atoms with Crippen LogP contribution in [0.2, 0.25) is 10.0 Å². The lowest BCUT2D eigenvalue weighted by Gasteiger charge is -2.07. The average molecular weight is 256 g/mol. The highest BCUT2D eigenvalue weighted by molar-refractivity contribution is 6.43. The maximum atomic E-state index is 13.8. The van der Waals surface area contributed by atoms with E-state index >= 15 is 0 Å². The Balaban J connectivity index is 2.68. The molecule has 0 aliphatic carbocycles. The first-order valence-electron chi connectivity index (χ1n) is 4.66. The van der Waals surface area contributed by atoms with Crippen LogP contribution in [0.15, 0.2) is 30.5 Å². The van der Waals surface area contributed by atoms with Gasteiger partial charge in [-0.05, 0) is 24.6 Å². The van der Waals surface area contributed by atoms with Crippen LogP contribution in [-0.2, 0) is 0 Å². The van der Waals surface area contributed by atoms with Crippen molar-refractivity contribution in [2.45, 2.75) is 6.92 Å². The Morgan fingerprint density at radius 1 is 1.19 bits per heavy atom. The Labute approximate surface area is 103 Å². The molecule has 0 atom stereocenters. The predicted octanol–water partition coefficient (Wildman–Crippen LogP) is 4.50. The van der Waals surface area contributed by atoms with E-state index in [9.17, 15) is 4.39 Å². The van der Waals surface area contributed by atoms with Gasteiger partial charge in [-0.25, -0.2) is 4.39 Å². The minimum Gasteiger partial charge on any atom is -0.253 e. The molecule has 0 saturated carbocycles. The molecule has 0 N–H and O–H groups in total. The molecule has 82 valence electrons. The lowest BCUT2D eigenvalue weighted by atomic mass is 10.1. The molecule has 4 heteroatoms. The third-order valence-electron chi connectivity index (χ3n) is 2.29. The number of rotatable bonds is 1. The SMILES string of the molecule is Cc1ccnc(-c2cccc(Cl)c2Cl)c1F. The monoisotopic (exact) mass is 255 g/mol. The normalized spacial score (nSPS) is 10.5. The maximum absolute atomic E-state index is 13.8. The summed E-state index contributed by atoms with van der Waals surface area (Å²) in [5, 5.41) is 0.711. The van der Waals surface area contributed by atoms with E-state index in [1.54, 1.807) is 37.4 Å². The van der Waals surface area contributed by atoms with Crippen LogP contribution in [0.1, 0.15) is 5.56 Å². The van der Waals surface area contributed by atoms with Gasteiger partial charge in [0, 0.05) is 11.8 Å². The molecule has 1 aromatic carbocycles. The van der Waals surface area contributed by atoms with Gasteiger partial charge in [-0.3, -0.25) is 4.98 Å². The van der Waals surface area contributed by atoms with Crippen molar-refractivity contribution in [3.05, 3.63) is 51.9 Å². The zero-order chi connectivity index (χ0) is 11.7. The number of nitrogens with zero attached hydrogens (tertiary/aromatic N) is 1. The summed E-state index contributed by atoms with van der Waals surface area (Å²) >= 11 is 11.9. The van der Waals surface area contributed by atoms with Gasteiger partial charge in [0.05, 0.1) is 10.0 Å². The van der Waals surface area contributed by atoms with Crippen LogP contribution in [0.5, 0.6) is 0 Å². The molecule has 0 bridgehead atoms. The molecule has 0 aliphatic rings. The summed E-state index contributed by atoms with van der Waals surface area (Å²) in [6.45, 7) is 1.68. The standard InChI is InChI=1S/C12H8Cl2FN/c1-7-5-6-16-12(11(7)15)8-3-2-4-9(13)10(8)14/h2-6H,1H3. The minimum absolute atomic E-state index is 0.229. The second-order valence-electron chi connectivity index (χ2n) is 3.39. The van der Waals surface area contributed by atoms with Gasteiger partial charge >= 0.3 is 0 Å². The van der Waals surface area contributed by atoms with Gasteiger partial charge in [-0.1, -0.05) is 35.3 Å². The molecule has 1 aromatic heterocycles. The maximum Gasteiger partial charge on any atom is 0.152 e. The average Bonchev–Trinajstić information content (AvgIpc) is 2.27. The number of hydrogen-bond donors (Lipinski definition) is 0. The van der Waals surface area contributed by atoms with Crippen molar-refractivity contribution >= 4 is 23.2 Å². The summed E-state index contributed by atoms with van der Waals surface area (Å²) in [7, 11) is 0. The molecule has 0 aliphatic heterocycles. The van der Waals surface area contributed by atoms with Gasteiger partial charge in [-0.15, -0.1) is 0 Å². The Bertz CT molecular complexity index is 491. The summed E-state index contributed by atoms with van der Waals surface area (Å²) in [6, 6.07) is 6.67. The van der Waals surface area contributed by atoms with Gasteiger partial charge in [0.2, 0.25) is 0 Å². The summed E-state index contributed by atoms with van der Waals surface area (Å²) in [5.41, 5.74) is 1.27. The van der Waals surface area contributed by atoms with E-state index in [4.69, 9.17) is 23.2 Å². The number of halogens is 3. The number of hydrogen-bond acceptors (Lipinski definition) is 1. The fourth-order valence-electron chi connectivity index (χ4n) is 1.41. The smallest absolute Gasteiger partial charge is 0.152 e. The van der Waals surface area contributed by atoms with Gasteiger partial charge in [0.1, 0.15) is 5.69 Å². The van der Waals surface area contributed by atoms with E-state index in [0.29, 0.717) is 21.2 Å². The molecule has 2 aromatic rings. The third-order valence-corrected chi connectivity index (χ3v) is 3.11. The van der Waals surface area contributed by atoms with Gasteiger partial charge in [0.25, 0.3) is 0 Å². The lowest BCUT2D eigenvalue weighted by Crippen LogP contribution is -1.93. The molecule has 0 saturated heterocycles. The molecule has 0 amide bonds. The zero-order valence-corrected chi connectivity index (χ0v) is 9.98. The largest absolute Gasteiger partial charge is 0.253 e. The molecule has 0 radical (unpaired) electrons. The van der Waals surface area contributed by atoms with Gasteiger partial charge in [0.15, 0.2) is 5.82 Å². The molecule has 0 unspecified atom stereocenters. The zero-order valence-electron chi connectivity index (χ0n) is 8.47. The van der Waals surface area contributed by atoms with Gasteiger partial charge < -0.3 is 0 Å². The molecule has 1 heterocycles. The minimum atomic E-state index is -0.369. The summed E-state index contributed by atoms with van der Waals surface area (Å²) in [6.07, 6.45) is 1.55. The highest BCUT2D eigenvalue weighted by Gasteiger charge is 2.13. The van der Waals surface area contributed by atoms with E-state index in [1.807, 2.05) is 0 Å². The number of pyridine rings is 1. The Hall–Kier alpha value is -1.12. The second-order valence-corrected chi connectivity index (χ2v) is 4.18. The van der Waals surface area contributed by atoms with Gasteiger partial charge in [-0.2, -0.15) is 0 Å². The van der Waals surface area contributed by atoms with E-state index in [1.165, 1.54) is 0 Å². The summed E-state index contributed by atoms with van der Waals surface area (Å²) in [5.74, 6) is -0.369. The first-order valence-corrected chi connectivity index (χ1v) is 5.42. The highest BCUT2D eigenvalue weighted by Crippen LogP contribution is 2.33. The number of aryl methyl sites for hydroxylation is 1. The van der Waals surface area contributed by atoms with E-state index < -0.39 is 0 Å². The van der Waals surface area contributed by atoms with E-state index in [-0.39, 0.29) is 11.5 Å². The Morgan fingerprint density at radius 3 is 2.69 bits per heavy atom. The van der Waals surface area contributed by atoms with Crippen LogP contribution in [0.25, 0.3) is 11.3 Å². The topological polar surface area (TPSA) is 12.9 Å². The van der Waals surface area contributed by atoms with Crippen molar-refractivity contribution in [1.82, 2.24) is 4.98 Å². The number of benzene rings is 1. The lowest BCUT2D eigenvalue weighted by molar-refractivity contribution is 0.616. The molecule has 16 heavy (non-hydrogen) atoms. The van der Waals surface area contributed by atoms with Crippen molar-refractivity contribution < 1.29 is 4.39 Å². The van der Waals surface area contributed by atoms with Crippen molar-refractivity contribution in [1.29, 1.82) is 0 Å². The fraction of sp³-hybridized carbons (Fsp3) is 0.0833. The van der Waals surface area contributed by atoms with Crippen LogP contribution in [0, 0.1) is 12.7 Å². The first kappa shape index (κ1) is 11.4. The summed E-state index contributed by atoms with van der Waals surface area (Å²) in [4.78, 5) is 3.99. The van der Waals surface area contributed by atoms with Crippen molar-refractivity contribution in [3.8, 4) is 11.3 Å². The van der Waals surface area contributed by atoms with Crippen LogP contribution in [-0.4, -0.2) is 4.98 Å². The van der Waals surface area contributed by atoms with Crippen LogP contribution in [0.4, 0.5) is 4.39 Å². The molecular formula is C12H8Cl2FN. The first-order chi connectivity index (χ1) is 7.61. The van der Waals surface area contributed by atoms with Crippen molar-refractivity contribution in [2.75, 3.05) is 0 Å². The quantitative estimate of drug-likeness (QED) is 0.731. The molecular weight excluding hydrogens is 248 g/mol. The second kappa shape index (κ2) is 4.40. The molecule has 2 rings (SSSR count). The third kappa shape index (κ3) is 1.91. The molecule has 0 spiro atoms. The highest BCUT2D eigenvalue weighted by atomic mass is 35.5. The van der Waals surface area contributed by atoms with Crippen LogP contribution < -0.4 is 0 Å². The van der Waals surface area contributed by atoms with Crippen molar-refractivity contribution in [2.24, 2.45) is 0 Å². The van der Waals surface area contributed by atoms with Crippen molar-refractivity contribution in [3.63, 3.8) is 0 Å². The predicted molar refractivity (Wildman–Crippen MR) is 64.4 cm³/mol. The van der Waals surface area contributed by atoms with E-state index in [2.05, 4.69) is 4.98 Å². The Morgan fingerprint density at radius 2 is 1.94 bits per heavy atom. The van der Waals surface area contributed by atoms with Crippen LogP contribution in [0.3, 0.4) is 0 Å². The Kier molecular flexibility index (Phi) is 3.13. The number of aromatic nitrogens is 1. The molecule has 0 fully saturated rings. The fourth-order valence-corrected chi connectivity index (χ4v) is 1.80. The summed E-state index contributed by atoms with van der Waals surface area (Å²) < 4.78 is 13.8.